The number of hydrogen-bond donors (Lipinski definition) is 2. The summed E-state index contributed by atoms with van der Waals surface area (Å²) in [6.45, 7) is 0. The quantitative estimate of drug-likeness (QED) is 0.834. The van der Waals surface area contributed by atoms with E-state index in [9.17, 15) is 9.18 Å². The van der Waals surface area contributed by atoms with Crippen LogP contribution < -0.4 is 11.1 Å². The molecule has 2 rings (SSSR count). The molecule has 3 nitrogen and oxygen atoms in total. The molecule has 0 unspecified atom stereocenters. The molecule has 88 valence electrons. The highest BCUT2D eigenvalue weighted by molar-refractivity contribution is 9.10. The third-order valence-electron chi connectivity index (χ3n) is 2.12. The minimum absolute atomic E-state index is 0.122. The summed E-state index contributed by atoms with van der Waals surface area (Å²) >= 11 is 4.46. The fraction of sp³-hybridized carbons (Fsp3) is 0. The maximum atomic E-state index is 13.3. The van der Waals surface area contributed by atoms with Crippen LogP contribution in [0.1, 0.15) is 10.4 Å². The molecule has 0 saturated heterocycles. The van der Waals surface area contributed by atoms with Crippen molar-refractivity contribution in [1.29, 1.82) is 0 Å². The standard InChI is InChI=1S/C11H8BrFN2OS/c12-8-4-10(14)7(3-9(8)13)11(16)15-6-1-2-17-5-6/h1-5H,14H2,(H,15,16). The molecular formula is C11H8BrFN2OS. The number of carbonyl (C=O) groups excluding carboxylic acids is 1. The SMILES string of the molecule is Nc1cc(Br)c(F)cc1C(=O)Nc1ccsc1. The zero-order valence-electron chi connectivity index (χ0n) is 8.54. The molecular weight excluding hydrogens is 307 g/mol. The van der Waals surface area contributed by atoms with Gasteiger partial charge in [0.15, 0.2) is 0 Å². The molecule has 6 heteroatoms. The Labute approximate surface area is 110 Å². The molecule has 0 saturated carbocycles. The van der Waals surface area contributed by atoms with Crippen LogP contribution in [0.5, 0.6) is 0 Å². The molecule has 0 aliphatic heterocycles. The normalized spacial score (nSPS) is 10.2. The van der Waals surface area contributed by atoms with E-state index < -0.39 is 11.7 Å². The van der Waals surface area contributed by atoms with E-state index in [4.69, 9.17) is 5.73 Å². The third kappa shape index (κ3) is 2.65. The van der Waals surface area contributed by atoms with Gasteiger partial charge in [0.2, 0.25) is 0 Å². The minimum Gasteiger partial charge on any atom is -0.398 e. The van der Waals surface area contributed by atoms with Gasteiger partial charge in [-0.05, 0) is 39.5 Å². The van der Waals surface area contributed by atoms with Gasteiger partial charge in [0.25, 0.3) is 5.91 Å². The zero-order valence-corrected chi connectivity index (χ0v) is 10.9. The van der Waals surface area contributed by atoms with Gasteiger partial charge in [0.05, 0.1) is 15.7 Å². The molecule has 0 fully saturated rings. The molecule has 1 aromatic carbocycles. The lowest BCUT2D eigenvalue weighted by molar-refractivity contribution is 0.102. The summed E-state index contributed by atoms with van der Waals surface area (Å²) in [5, 5.41) is 6.25. The first-order chi connectivity index (χ1) is 8.08. The van der Waals surface area contributed by atoms with E-state index in [0.29, 0.717) is 5.69 Å². The smallest absolute Gasteiger partial charge is 0.257 e. The zero-order chi connectivity index (χ0) is 12.4. The molecule has 0 aliphatic rings. The van der Waals surface area contributed by atoms with Crippen molar-refractivity contribution in [2.24, 2.45) is 0 Å². The van der Waals surface area contributed by atoms with Crippen molar-refractivity contribution in [3.05, 3.63) is 44.8 Å². The number of rotatable bonds is 2. The molecule has 1 aromatic heterocycles. The van der Waals surface area contributed by atoms with Crippen LogP contribution in [0.4, 0.5) is 15.8 Å². The van der Waals surface area contributed by atoms with Gasteiger partial charge in [0.1, 0.15) is 5.82 Å². The third-order valence-corrected chi connectivity index (χ3v) is 3.41. The Morgan fingerprint density at radius 3 is 2.88 bits per heavy atom. The molecule has 0 bridgehead atoms. The summed E-state index contributed by atoms with van der Waals surface area (Å²) in [7, 11) is 0. The summed E-state index contributed by atoms with van der Waals surface area (Å²) < 4.78 is 13.6. The molecule has 1 heterocycles. The maximum absolute atomic E-state index is 13.3. The number of nitrogens with one attached hydrogen (secondary N) is 1. The summed E-state index contributed by atoms with van der Waals surface area (Å²) in [5.41, 5.74) is 6.68. The number of thiophene rings is 1. The van der Waals surface area contributed by atoms with Crippen molar-refractivity contribution in [3.63, 3.8) is 0 Å². The lowest BCUT2D eigenvalue weighted by Gasteiger charge is -2.07. The fourth-order valence-electron chi connectivity index (χ4n) is 1.29. The van der Waals surface area contributed by atoms with Crippen LogP contribution in [0.15, 0.2) is 33.4 Å². The van der Waals surface area contributed by atoms with Gasteiger partial charge in [-0.15, -0.1) is 0 Å². The van der Waals surface area contributed by atoms with Crippen LogP contribution in [0.25, 0.3) is 0 Å². The van der Waals surface area contributed by atoms with Crippen LogP contribution in [0, 0.1) is 5.82 Å². The number of nitrogen functional groups attached to an aromatic ring is 1. The predicted octanol–water partition coefficient (Wildman–Crippen LogP) is 3.48. The number of hydrogen-bond acceptors (Lipinski definition) is 3. The second-order valence-electron chi connectivity index (χ2n) is 3.32. The number of benzene rings is 1. The van der Waals surface area contributed by atoms with Gasteiger partial charge < -0.3 is 11.1 Å². The molecule has 1 amide bonds. The second-order valence-corrected chi connectivity index (χ2v) is 4.95. The summed E-state index contributed by atoms with van der Waals surface area (Å²) in [6.07, 6.45) is 0. The minimum atomic E-state index is -0.519. The summed E-state index contributed by atoms with van der Waals surface area (Å²) in [5.74, 6) is -0.943. The lowest BCUT2D eigenvalue weighted by Crippen LogP contribution is -2.14. The highest BCUT2D eigenvalue weighted by atomic mass is 79.9. The van der Waals surface area contributed by atoms with Crippen molar-refractivity contribution in [1.82, 2.24) is 0 Å². The molecule has 2 aromatic rings. The van der Waals surface area contributed by atoms with Crippen LogP contribution in [0.2, 0.25) is 0 Å². The fourth-order valence-corrected chi connectivity index (χ4v) is 2.24. The van der Waals surface area contributed by atoms with Gasteiger partial charge in [-0.2, -0.15) is 11.3 Å². The van der Waals surface area contributed by atoms with E-state index in [1.165, 1.54) is 17.4 Å². The molecule has 0 radical (unpaired) electrons. The first-order valence-electron chi connectivity index (χ1n) is 4.66. The number of nitrogens with two attached hydrogens (primary N) is 1. The van der Waals surface area contributed by atoms with Gasteiger partial charge in [-0.1, -0.05) is 0 Å². The van der Waals surface area contributed by atoms with Gasteiger partial charge >= 0.3 is 0 Å². The Kier molecular flexibility index (Phi) is 3.44. The number of halogens is 2. The van der Waals surface area contributed by atoms with Crippen molar-refractivity contribution in [2.75, 3.05) is 11.1 Å². The van der Waals surface area contributed by atoms with E-state index in [1.807, 2.05) is 5.38 Å². The molecule has 0 aliphatic carbocycles. The van der Waals surface area contributed by atoms with Crippen molar-refractivity contribution < 1.29 is 9.18 Å². The topological polar surface area (TPSA) is 55.1 Å². The Morgan fingerprint density at radius 2 is 2.24 bits per heavy atom. The van der Waals surface area contributed by atoms with Crippen LogP contribution >= 0.6 is 27.3 Å². The van der Waals surface area contributed by atoms with Crippen molar-refractivity contribution in [3.8, 4) is 0 Å². The Balaban J connectivity index is 2.28. The first-order valence-corrected chi connectivity index (χ1v) is 6.39. The molecule has 3 N–H and O–H groups in total. The Morgan fingerprint density at radius 1 is 1.47 bits per heavy atom. The highest BCUT2D eigenvalue weighted by Gasteiger charge is 2.13. The number of carbonyl (C=O) groups is 1. The summed E-state index contributed by atoms with van der Waals surface area (Å²) in [6, 6.07) is 4.24. The van der Waals surface area contributed by atoms with Crippen molar-refractivity contribution >= 4 is 44.5 Å². The molecule has 17 heavy (non-hydrogen) atoms. The number of amides is 1. The average Bonchev–Trinajstić information content (AvgIpc) is 2.76. The monoisotopic (exact) mass is 314 g/mol. The van der Waals surface area contributed by atoms with Crippen LogP contribution in [-0.4, -0.2) is 5.91 Å². The van der Waals surface area contributed by atoms with Gasteiger partial charge in [0, 0.05) is 11.1 Å². The highest BCUT2D eigenvalue weighted by Crippen LogP contribution is 2.23. The Bertz CT molecular complexity index is 557. The van der Waals surface area contributed by atoms with E-state index in [1.54, 1.807) is 11.4 Å². The molecule has 0 spiro atoms. The molecule has 0 atom stereocenters. The van der Waals surface area contributed by atoms with Crippen molar-refractivity contribution in [2.45, 2.75) is 0 Å². The van der Waals surface area contributed by atoms with E-state index in [0.717, 1.165) is 6.07 Å². The average molecular weight is 315 g/mol. The first kappa shape index (κ1) is 12.1. The lowest BCUT2D eigenvalue weighted by atomic mass is 10.1. The largest absolute Gasteiger partial charge is 0.398 e. The van der Waals surface area contributed by atoms with E-state index in [2.05, 4.69) is 21.2 Å². The van der Waals surface area contributed by atoms with Crippen LogP contribution in [0.3, 0.4) is 0 Å². The maximum Gasteiger partial charge on any atom is 0.257 e. The Hall–Kier alpha value is -1.40. The van der Waals surface area contributed by atoms with E-state index >= 15 is 0 Å². The van der Waals surface area contributed by atoms with Crippen LogP contribution in [-0.2, 0) is 0 Å². The predicted molar refractivity (Wildman–Crippen MR) is 70.8 cm³/mol. The number of anilines is 2. The second kappa shape index (κ2) is 4.85. The van der Waals surface area contributed by atoms with E-state index in [-0.39, 0.29) is 15.7 Å². The van der Waals surface area contributed by atoms with Gasteiger partial charge in [-0.3, -0.25) is 4.79 Å². The summed E-state index contributed by atoms with van der Waals surface area (Å²) in [4.78, 5) is 11.8. The van der Waals surface area contributed by atoms with Gasteiger partial charge in [-0.25, -0.2) is 4.39 Å².